The summed E-state index contributed by atoms with van der Waals surface area (Å²) in [6, 6.07) is 32.8. The summed E-state index contributed by atoms with van der Waals surface area (Å²) in [4.78, 5) is 16.8. The number of amides is 1. The minimum atomic E-state index is -0.00564. The zero-order chi connectivity index (χ0) is 32.3. The number of nitrogens with zero attached hydrogens (tertiary/aromatic N) is 2. The summed E-state index contributed by atoms with van der Waals surface area (Å²) in [5.74, 6) is -0.00564. The normalized spacial score (nSPS) is 18.8. The fourth-order valence-electron chi connectivity index (χ4n) is 6.09. The van der Waals surface area contributed by atoms with Gasteiger partial charge in [-0.25, -0.2) is 0 Å². The number of carbonyl (C=O) groups excluding carboxylic acids is 1. The van der Waals surface area contributed by atoms with Gasteiger partial charge in [-0.05, 0) is 84.8 Å². The summed E-state index contributed by atoms with van der Waals surface area (Å²) in [7, 11) is 4.19. The van der Waals surface area contributed by atoms with E-state index in [1.165, 1.54) is 35.2 Å². The first-order chi connectivity index (χ1) is 22.4. The monoisotopic (exact) mass is 658 g/mol. The second-order valence-corrected chi connectivity index (χ2v) is 13.0. The maximum absolute atomic E-state index is 12.3. The van der Waals surface area contributed by atoms with E-state index >= 15 is 0 Å². The van der Waals surface area contributed by atoms with E-state index in [2.05, 4.69) is 63.9 Å². The number of carbonyl (C=O) groups is 1. The van der Waals surface area contributed by atoms with Gasteiger partial charge in [0, 0.05) is 74.4 Å². The first kappa shape index (κ1) is 33.8. The Balaban J connectivity index is 0.000000157. The van der Waals surface area contributed by atoms with Crippen LogP contribution in [0.25, 0.3) is 0 Å². The average molecular weight is 660 g/mol. The van der Waals surface area contributed by atoms with Crippen LogP contribution < -0.4 is 20.4 Å². The van der Waals surface area contributed by atoms with Gasteiger partial charge in [-0.3, -0.25) is 4.79 Å². The van der Waals surface area contributed by atoms with Crippen molar-refractivity contribution in [1.82, 2.24) is 10.6 Å². The smallest absolute Gasteiger partial charge is 0.253 e. The van der Waals surface area contributed by atoms with Crippen molar-refractivity contribution in [2.75, 3.05) is 50.2 Å². The van der Waals surface area contributed by atoms with E-state index in [1.54, 1.807) is 0 Å². The molecule has 46 heavy (non-hydrogen) atoms. The molecule has 1 saturated heterocycles. The number of nitrogens with one attached hydrogen (secondary N) is 2. The molecule has 3 aliphatic rings. The number of fused-ring (bicyclic) bond motifs is 2. The topological polar surface area (TPSA) is 56.8 Å². The average Bonchev–Trinajstić information content (AvgIpc) is 3.59. The Kier molecular flexibility index (Phi) is 12.4. The predicted molar refractivity (Wildman–Crippen MR) is 192 cm³/mol. The number of hydrogen-bond donors (Lipinski definition) is 2. The van der Waals surface area contributed by atoms with Crippen LogP contribution in [0.2, 0.25) is 10.0 Å². The molecule has 1 amide bonds. The van der Waals surface area contributed by atoms with E-state index in [9.17, 15) is 4.79 Å². The number of likely N-dealkylation sites (N-methyl/N-ethyl adjacent to an activating group) is 2. The first-order valence-corrected chi connectivity index (χ1v) is 16.8. The SMILES string of the molecule is C1CCOC1.CN1C[C@H](Cc2ccc(Cl)cc2)NC(=O)c2ccccc21.CN1C[C@H](Cc2ccc(Cl)cc2)NCc2ccccc21. The lowest BCUT2D eigenvalue weighted by Crippen LogP contribution is -2.41. The highest BCUT2D eigenvalue weighted by Crippen LogP contribution is 2.24. The quantitative estimate of drug-likeness (QED) is 0.239. The molecule has 2 atom stereocenters. The van der Waals surface area contributed by atoms with Crippen molar-refractivity contribution < 1.29 is 9.53 Å². The minimum absolute atomic E-state index is 0.00564. The Morgan fingerprint density at radius 1 is 0.696 bits per heavy atom. The molecule has 0 saturated carbocycles. The van der Waals surface area contributed by atoms with Crippen molar-refractivity contribution in [2.24, 2.45) is 0 Å². The molecular weight excluding hydrogens is 615 g/mol. The third kappa shape index (κ3) is 9.73. The molecule has 0 radical (unpaired) electrons. The summed E-state index contributed by atoms with van der Waals surface area (Å²) in [5, 5.41) is 8.30. The molecule has 2 N–H and O–H groups in total. The second kappa shape index (κ2) is 16.8. The van der Waals surface area contributed by atoms with Crippen LogP contribution in [0.3, 0.4) is 0 Å². The third-order valence-electron chi connectivity index (χ3n) is 8.49. The van der Waals surface area contributed by atoms with Crippen LogP contribution in [0, 0.1) is 0 Å². The molecule has 242 valence electrons. The van der Waals surface area contributed by atoms with Crippen molar-refractivity contribution in [3.63, 3.8) is 0 Å². The molecule has 0 aliphatic carbocycles. The fraction of sp³-hybridized carbons (Fsp3) is 0.342. The lowest BCUT2D eigenvalue weighted by atomic mass is 10.1. The van der Waals surface area contributed by atoms with Gasteiger partial charge in [-0.2, -0.15) is 0 Å². The van der Waals surface area contributed by atoms with Gasteiger partial charge in [0.15, 0.2) is 0 Å². The Morgan fingerprint density at radius 2 is 1.22 bits per heavy atom. The number of rotatable bonds is 4. The summed E-state index contributed by atoms with van der Waals surface area (Å²) in [5.41, 5.74) is 6.91. The van der Waals surface area contributed by atoms with Gasteiger partial charge >= 0.3 is 0 Å². The highest BCUT2D eigenvalue weighted by molar-refractivity contribution is 6.30. The molecule has 0 spiro atoms. The van der Waals surface area contributed by atoms with Gasteiger partial charge in [-0.1, -0.05) is 77.8 Å². The van der Waals surface area contributed by atoms with E-state index in [0.717, 1.165) is 67.0 Å². The summed E-state index contributed by atoms with van der Waals surface area (Å²) in [6.07, 6.45) is 4.37. The second-order valence-electron chi connectivity index (χ2n) is 12.1. The summed E-state index contributed by atoms with van der Waals surface area (Å²) < 4.78 is 4.94. The van der Waals surface area contributed by atoms with Crippen molar-refractivity contribution in [1.29, 1.82) is 0 Å². The van der Waals surface area contributed by atoms with E-state index in [0.29, 0.717) is 6.04 Å². The lowest BCUT2D eigenvalue weighted by Gasteiger charge is -2.23. The zero-order valence-electron chi connectivity index (χ0n) is 26.7. The standard InChI is InChI=1S/C17H17ClN2O.C17H19ClN2.C4H8O/c1-20-11-14(10-12-6-8-13(18)9-7-12)19-17(21)15-4-2-3-5-16(15)20;1-20-12-16(10-13-6-8-15(18)9-7-13)19-11-14-4-2-3-5-17(14)20;1-2-4-5-3-1/h2-9,14H,10-11H2,1H3,(H,19,21);2-9,16,19H,10-12H2,1H3;1-4H2/t14-;16-;/m00./s1. The third-order valence-corrected chi connectivity index (χ3v) is 8.99. The van der Waals surface area contributed by atoms with Gasteiger partial charge in [0.05, 0.1) is 11.6 Å². The Morgan fingerprint density at radius 3 is 1.83 bits per heavy atom. The van der Waals surface area contributed by atoms with Gasteiger partial charge < -0.3 is 25.2 Å². The lowest BCUT2D eigenvalue weighted by molar-refractivity contribution is 0.0942. The molecule has 8 heteroatoms. The number of ether oxygens (including phenoxy) is 1. The number of benzene rings is 4. The number of anilines is 2. The molecule has 0 unspecified atom stereocenters. The van der Waals surface area contributed by atoms with Crippen LogP contribution in [0.4, 0.5) is 11.4 Å². The molecule has 3 heterocycles. The molecule has 4 aromatic carbocycles. The summed E-state index contributed by atoms with van der Waals surface area (Å²) >= 11 is 11.9. The largest absolute Gasteiger partial charge is 0.381 e. The van der Waals surface area contributed by atoms with Crippen LogP contribution in [0.15, 0.2) is 97.1 Å². The number of hydrogen-bond acceptors (Lipinski definition) is 5. The Bertz CT molecular complexity index is 1540. The van der Waals surface area contributed by atoms with Gasteiger partial charge in [0.1, 0.15) is 0 Å². The highest BCUT2D eigenvalue weighted by Gasteiger charge is 2.24. The molecule has 3 aliphatic heterocycles. The highest BCUT2D eigenvalue weighted by atomic mass is 35.5. The summed E-state index contributed by atoms with van der Waals surface area (Å²) in [6.45, 7) is 4.73. The molecule has 4 aromatic rings. The predicted octanol–water partition coefficient (Wildman–Crippen LogP) is 7.42. The number of para-hydroxylation sites is 2. The molecule has 6 nitrogen and oxygen atoms in total. The minimum Gasteiger partial charge on any atom is -0.381 e. The number of halogens is 2. The van der Waals surface area contributed by atoms with E-state index in [4.69, 9.17) is 27.9 Å². The Hall–Kier alpha value is -3.55. The van der Waals surface area contributed by atoms with Gasteiger partial charge in [0.25, 0.3) is 5.91 Å². The van der Waals surface area contributed by atoms with E-state index in [-0.39, 0.29) is 11.9 Å². The maximum atomic E-state index is 12.3. The van der Waals surface area contributed by atoms with Crippen LogP contribution in [-0.4, -0.2) is 58.4 Å². The van der Waals surface area contributed by atoms with Crippen molar-refractivity contribution in [2.45, 2.75) is 44.3 Å². The zero-order valence-corrected chi connectivity index (χ0v) is 28.2. The first-order valence-electron chi connectivity index (χ1n) is 16.1. The molecule has 0 bridgehead atoms. The fourth-order valence-corrected chi connectivity index (χ4v) is 6.34. The Labute approximate surface area is 283 Å². The van der Waals surface area contributed by atoms with Crippen LogP contribution in [0.1, 0.15) is 39.9 Å². The van der Waals surface area contributed by atoms with E-state index in [1.807, 2.05) is 67.7 Å². The molecule has 7 rings (SSSR count). The van der Waals surface area contributed by atoms with Crippen LogP contribution in [-0.2, 0) is 24.1 Å². The van der Waals surface area contributed by atoms with E-state index < -0.39 is 0 Å². The van der Waals surface area contributed by atoms with Crippen LogP contribution in [0.5, 0.6) is 0 Å². The van der Waals surface area contributed by atoms with Crippen molar-refractivity contribution in [3.05, 3.63) is 129 Å². The van der Waals surface area contributed by atoms with Crippen molar-refractivity contribution >= 4 is 40.5 Å². The molecule has 0 aromatic heterocycles. The van der Waals surface area contributed by atoms with Gasteiger partial charge in [-0.15, -0.1) is 0 Å². The molecule has 1 fully saturated rings. The van der Waals surface area contributed by atoms with Crippen LogP contribution >= 0.6 is 23.2 Å². The molecular formula is C38H44Cl2N4O2. The maximum Gasteiger partial charge on any atom is 0.253 e. The van der Waals surface area contributed by atoms with Gasteiger partial charge in [0.2, 0.25) is 0 Å². The van der Waals surface area contributed by atoms with Crippen molar-refractivity contribution in [3.8, 4) is 0 Å².